The number of carbonyl (C=O) groups is 2. The number of hydrogen-bond donors (Lipinski definition) is 0. The highest BCUT2D eigenvalue weighted by atomic mass is 16.8. The van der Waals surface area contributed by atoms with Gasteiger partial charge in [0.2, 0.25) is 0 Å². The van der Waals surface area contributed by atoms with Crippen LogP contribution in [0.3, 0.4) is 0 Å². The van der Waals surface area contributed by atoms with Crippen molar-refractivity contribution in [2.24, 2.45) is 0 Å². The van der Waals surface area contributed by atoms with Crippen molar-refractivity contribution in [2.45, 2.75) is 45.2 Å². The van der Waals surface area contributed by atoms with Gasteiger partial charge >= 0.3 is 5.97 Å². The number of rotatable bonds is 5. The molecule has 5 heteroatoms. The number of carbonyl (C=O) groups excluding carboxylic acids is 2. The monoisotopic (exact) mass is 242 g/mol. The van der Waals surface area contributed by atoms with Gasteiger partial charge in [-0.25, -0.2) is 0 Å². The molecular formula is C12H18O5. The zero-order chi connectivity index (χ0) is 13.1. The summed E-state index contributed by atoms with van der Waals surface area (Å²) in [5.74, 6) is -1.74. The molecule has 0 aliphatic carbocycles. The molecule has 1 fully saturated rings. The SMILES string of the molecule is C=C[C@H]1OC(C)(C)O[C@H]1C(=O)CC(=O)OCC. The van der Waals surface area contributed by atoms with Crippen molar-refractivity contribution < 1.29 is 23.8 Å². The lowest BCUT2D eigenvalue weighted by molar-refractivity contribution is -0.157. The Bertz CT molecular complexity index is 321. The quantitative estimate of drug-likeness (QED) is 0.412. The molecule has 5 nitrogen and oxygen atoms in total. The van der Waals surface area contributed by atoms with Gasteiger partial charge in [-0.3, -0.25) is 9.59 Å². The largest absolute Gasteiger partial charge is 0.466 e. The molecule has 0 aromatic heterocycles. The summed E-state index contributed by atoms with van der Waals surface area (Å²) in [6.07, 6.45) is -0.107. The third kappa shape index (κ3) is 3.64. The first-order chi connectivity index (χ1) is 7.89. The average Bonchev–Trinajstić information content (AvgIpc) is 2.54. The summed E-state index contributed by atoms with van der Waals surface area (Å²) in [6, 6.07) is 0. The minimum Gasteiger partial charge on any atom is -0.466 e. The molecule has 1 heterocycles. The molecule has 1 aliphatic rings. The Kier molecular flexibility index (Phi) is 4.42. The van der Waals surface area contributed by atoms with E-state index in [1.54, 1.807) is 20.8 Å². The standard InChI is InChI=1S/C12H18O5/c1-5-9-11(17-12(3,4)16-9)8(13)7-10(14)15-6-2/h5,9,11H,1,6-7H2,2-4H3/t9-,11+/m1/s1. The topological polar surface area (TPSA) is 61.8 Å². The first-order valence-corrected chi connectivity index (χ1v) is 5.56. The summed E-state index contributed by atoms with van der Waals surface area (Å²) in [4.78, 5) is 23.0. The average molecular weight is 242 g/mol. The fourth-order valence-electron chi connectivity index (χ4n) is 1.67. The number of ketones is 1. The van der Waals surface area contributed by atoms with Crippen LogP contribution in [0.2, 0.25) is 0 Å². The Morgan fingerprint density at radius 2 is 2.06 bits per heavy atom. The Labute approximate surface area is 101 Å². The van der Waals surface area contributed by atoms with Crippen molar-refractivity contribution in [1.82, 2.24) is 0 Å². The van der Waals surface area contributed by atoms with Crippen molar-refractivity contribution in [3.63, 3.8) is 0 Å². The highest BCUT2D eigenvalue weighted by Gasteiger charge is 2.43. The summed E-state index contributed by atoms with van der Waals surface area (Å²) in [5, 5.41) is 0. The van der Waals surface area contributed by atoms with Crippen LogP contribution in [0.4, 0.5) is 0 Å². The lowest BCUT2D eigenvalue weighted by atomic mass is 10.1. The normalized spacial score (nSPS) is 26.5. The van der Waals surface area contributed by atoms with E-state index in [0.717, 1.165) is 0 Å². The second kappa shape index (κ2) is 5.42. The van der Waals surface area contributed by atoms with Crippen LogP contribution in [0.5, 0.6) is 0 Å². The van der Waals surface area contributed by atoms with Gasteiger partial charge in [0.1, 0.15) is 18.6 Å². The lowest BCUT2D eigenvalue weighted by Gasteiger charge is -2.16. The van der Waals surface area contributed by atoms with Crippen LogP contribution in [-0.4, -0.2) is 36.4 Å². The zero-order valence-electron chi connectivity index (χ0n) is 10.4. The highest BCUT2D eigenvalue weighted by Crippen LogP contribution is 2.29. The van der Waals surface area contributed by atoms with Crippen molar-refractivity contribution in [2.75, 3.05) is 6.61 Å². The van der Waals surface area contributed by atoms with Crippen molar-refractivity contribution >= 4 is 11.8 Å². The Hall–Kier alpha value is -1.20. The van der Waals surface area contributed by atoms with Gasteiger partial charge in [0.25, 0.3) is 0 Å². The van der Waals surface area contributed by atoms with Crippen molar-refractivity contribution in [1.29, 1.82) is 0 Å². The number of hydrogen-bond acceptors (Lipinski definition) is 5. The van der Waals surface area contributed by atoms with E-state index < -0.39 is 24.0 Å². The van der Waals surface area contributed by atoms with Gasteiger partial charge < -0.3 is 14.2 Å². The molecule has 17 heavy (non-hydrogen) atoms. The molecule has 2 atom stereocenters. The van der Waals surface area contributed by atoms with E-state index in [-0.39, 0.29) is 18.8 Å². The van der Waals surface area contributed by atoms with E-state index in [9.17, 15) is 9.59 Å². The van der Waals surface area contributed by atoms with Crippen molar-refractivity contribution in [3.05, 3.63) is 12.7 Å². The van der Waals surface area contributed by atoms with Gasteiger partial charge in [-0.05, 0) is 20.8 Å². The van der Waals surface area contributed by atoms with Crippen molar-refractivity contribution in [3.8, 4) is 0 Å². The van der Waals surface area contributed by atoms with Crippen LogP contribution < -0.4 is 0 Å². The van der Waals surface area contributed by atoms with E-state index in [1.807, 2.05) is 0 Å². The molecule has 1 rings (SSSR count). The van der Waals surface area contributed by atoms with Gasteiger partial charge in [-0.1, -0.05) is 6.08 Å². The summed E-state index contributed by atoms with van der Waals surface area (Å²) >= 11 is 0. The number of ether oxygens (including phenoxy) is 3. The first kappa shape index (κ1) is 13.9. The van der Waals surface area contributed by atoms with E-state index in [2.05, 4.69) is 6.58 Å². The van der Waals surface area contributed by atoms with E-state index in [1.165, 1.54) is 6.08 Å². The molecule has 1 aliphatic heterocycles. The predicted molar refractivity (Wildman–Crippen MR) is 60.3 cm³/mol. The fraction of sp³-hybridized carbons (Fsp3) is 0.667. The molecule has 0 unspecified atom stereocenters. The molecule has 96 valence electrons. The van der Waals surface area contributed by atoms with Crippen LogP contribution in [0.15, 0.2) is 12.7 Å². The Morgan fingerprint density at radius 1 is 1.41 bits per heavy atom. The predicted octanol–water partition coefficient (Wildman–Crippen LogP) is 1.21. The summed E-state index contributed by atoms with van der Waals surface area (Å²) in [6.45, 7) is 8.94. The zero-order valence-corrected chi connectivity index (χ0v) is 10.4. The molecule has 0 amide bonds. The smallest absolute Gasteiger partial charge is 0.313 e. The van der Waals surface area contributed by atoms with Gasteiger partial charge in [-0.15, -0.1) is 6.58 Å². The van der Waals surface area contributed by atoms with Crippen LogP contribution in [0.25, 0.3) is 0 Å². The van der Waals surface area contributed by atoms with Crippen LogP contribution >= 0.6 is 0 Å². The van der Waals surface area contributed by atoms with Gasteiger partial charge in [0.15, 0.2) is 11.6 Å². The second-order valence-corrected chi connectivity index (χ2v) is 4.20. The molecule has 0 radical (unpaired) electrons. The minimum absolute atomic E-state index is 0.254. The summed E-state index contributed by atoms with van der Waals surface area (Å²) < 4.78 is 15.6. The fourth-order valence-corrected chi connectivity index (χ4v) is 1.67. The molecule has 0 saturated carbocycles. The first-order valence-electron chi connectivity index (χ1n) is 5.56. The molecule has 0 aromatic carbocycles. The third-order valence-corrected chi connectivity index (χ3v) is 2.30. The molecule has 0 aromatic rings. The molecular weight excluding hydrogens is 224 g/mol. The third-order valence-electron chi connectivity index (χ3n) is 2.30. The van der Waals surface area contributed by atoms with Gasteiger partial charge in [-0.2, -0.15) is 0 Å². The van der Waals surface area contributed by atoms with Gasteiger partial charge in [0.05, 0.1) is 6.61 Å². The lowest BCUT2D eigenvalue weighted by Crippen LogP contribution is -2.32. The second-order valence-electron chi connectivity index (χ2n) is 4.20. The molecule has 0 spiro atoms. The summed E-state index contributed by atoms with van der Waals surface area (Å²) in [5.41, 5.74) is 0. The maximum atomic E-state index is 11.8. The van der Waals surface area contributed by atoms with Crippen LogP contribution in [-0.2, 0) is 23.8 Å². The minimum atomic E-state index is -0.839. The Morgan fingerprint density at radius 3 is 2.59 bits per heavy atom. The number of esters is 1. The molecule has 0 bridgehead atoms. The molecule has 1 saturated heterocycles. The number of Topliss-reactive ketones (excluding diaryl/α,β-unsaturated/α-hetero) is 1. The maximum Gasteiger partial charge on any atom is 0.313 e. The van der Waals surface area contributed by atoms with E-state index in [0.29, 0.717) is 0 Å². The van der Waals surface area contributed by atoms with E-state index in [4.69, 9.17) is 14.2 Å². The van der Waals surface area contributed by atoms with E-state index >= 15 is 0 Å². The summed E-state index contributed by atoms with van der Waals surface area (Å²) in [7, 11) is 0. The van der Waals surface area contributed by atoms with Gasteiger partial charge in [0, 0.05) is 0 Å². The van der Waals surface area contributed by atoms with Crippen LogP contribution in [0, 0.1) is 0 Å². The Balaban J connectivity index is 2.62. The maximum absolute atomic E-state index is 11.8. The highest BCUT2D eigenvalue weighted by molar-refractivity contribution is 5.98. The molecule has 0 N–H and O–H groups in total. The van der Waals surface area contributed by atoms with Crippen LogP contribution in [0.1, 0.15) is 27.2 Å².